The summed E-state index contributed by atoms with van der Waals surface area (Å²) in [7, 11) is 0. The molecule has 4 amide bonds. The Morgan fingerprint density at radius 1 is 1.21 bits per heavy atom. The summed E-state index contributed by atoms with van der Waals surface area (Å²) in [4.78, 5) is 53.1. The van der Waals surface area contributed by atoms with E-state index in [1.165, 1.54) is 18.3 Å². The van der Waals surface area contributed by atoms with Crippen LogP contribution >= 0.6 is 11.6 Å². The van der Waals surface area contributed by atoms with Crippen molar-refractivity contribution in [3.63, 3.8) is 0 Å². The Morgan fingerprint density at radius 3 is 2.59 bits per heavy atom. The third kappa shape index (κ3) is 3.90. The molecule has 1 fully saturated rings. The molecule has 0 aliphatic carbocycles. The summed E-state index contributed by atoms with van der Waals surface area (Å²) >= 11 is 5.80. The summed E-state index contributed by atoms with van der Waals surface area (Å²) in [6.07, 6.45) is 1.68. The van der Waals surface area contributed by atoms with E-state index in [2.05, 4.69) is 15.7 Å². The van der Waals surface area contributed by atoms with Gasteiger partial charge in [-0.25, -0.2) is 14.6 Å². The van der Waals surface area contributed by atoms with Crippen molar-refractivity contribution in [2.24, 2.45) is 0 Å². The first-order valence-electron chi connectivity index (χ1n) is 8.68. The first-order valence-corrected chi connectivity index (χ1v) is 9.06. The molecule has 2 aromatic rings. The summed E-state index contributed by atoms with van der Waals surface area (Å²) in [6.45, 7) is 1.03. The van der Waals surface area contributed by atoms with Gasteiger partial charge < -0.3 is 10.1 Å². The van der Waals surface area contributed by atoms with Crippen molar-refractivity contribution in [1.29, 1.82) is 0 Å². The molecule has 1 aromatic carbocycles. The van der Waals surface area contributed by atoms with Crippen molar-refractivity contribution in [3.8, 4) is 0 Å². The number of hydrogen-bond donors (Lipinski definition) is 2. The van der Waals surface area contributed by atoms with Crippen LogP contribution in [0, 0.1) is 0 Å². The second kappa shape index (κ2) is 8.27. The molecule has 1 aliphatic rings. The van der Waals surface area contributed by atoms with Crippen molar-refractivity contribution in [2.75, 3.05) is 6.61 Å². The van der Waals surface area contributed by atoms with E-state index in [0.717, 1.165) is 0 Å². The van der Waals surface area contributed by atoms with Crippen LogP contribution in [0.2, 0.25) is 5.15 Å². The molecule has 0 bridgehead atoms. The number of urea groups is 1. The summed E-state index contributed by atoms with van der Waals surface area (Å²) in [5, 5.41) is 3.15. The van der Waals surface area contributed by atoms with Gasteiger partial charge in [-0.15, -0.1) is 0 Å². The summed E-state index contributed by atoms with van der Waals surface area (Å²) < 4.78 is 4.87. The number of hydrazine groups is 1. The Hall–Kier alpha value is -3.46. The fourth-order valence-electron chi connectivity index (χ4n) is 2.94. The number of aromatic nitrogens is 1. The van der Waals surface area contributed by atoms with Crippen LogP contribution in [0.4, 0.5) is 4.79 Å². The largest absolute Gasteiger partial charge is 0.452 e. The van der Waals surface area contributed by atoms with Gasteiger partial charge in [0.05, 0.1) is 5.56 Å². The van der Waals surface area contributed by atoms with E-state index < -0.39 is 36.0 Å². The van der Waals surface area contributed by atoms with Gasteiger partial charge in [-0.1, -0.05) is 48.9 Å². The number of rotatable bonds is 6. The van der Waals surface area contributed by atoms with Crippen LogP contribution < -0.4 is 10.7 Å². The molecule has 2 heterocycles. The molecule has 1 saturated heterocycles. The first kappa shape index (κ1) is 20.3. The number of nitrogens with one attached hydrogen (secondary N) is 2. The van der Waals surface area contributed by atoms with Crippen molar-refractivity contribution < 1.29 is 23.9 Å². The molecule has 2 N–H and O–H groups in total. The number of esters is 1. The highest BCUT2D eigenvalue weighted by Crippen LogP contribution is 2.31. The molecule has 1 atom stereocenters. The van der Waals surface area contributed by atoms with E-state index in [1.807, 2.05) is 0 Å². The Bertz CT molecular complexity index is 968. The summed E-state index contributed by atoms with van der Waals surface area (Å²) in [5.41, 5.74) is 1.46. The number of amides is 4. The molecule has 0 radical (unpaired) electrons. The van der Waals surface area contributed by atoms with E-state index in [4.69, 9.17) is 16.3 Å². The standard InChI is InChI=1S/C19H17ClN4O5/c1-2-19(12-7-4-3-5-8-12)17(27)24(18(28)22-19)23-14(25)11-29-16(26)13-9-6-10-21-15(13)20/h3-10H,2,11H2,1H3,(H,22,28)(H,23,25)/t19-/m0/s1. The smallest absolute Gasteiger partial charge is 0.344 e. The normalized spacial score (nSPS) is 18.3. The number of carbonyl (C=O) groups is 4. The maximum Gasteiger partial charge on any atom is 0.344 e. The minimum atomic E-state index is -1.29. The Balaban J connectivity index is 1.66. The maximum atomic E-state index is 12.9. The molecule has 10 heteroatoms. The number of nitrogens with zero attached hydrogens (tertiary/aromatic N) is 2. The van der Waals surface area contributed by atoms with Gasteiger partial charge in [0.25, 0.3) is 11.8 Å². The summed E-state index contributed by atoms with van der Waals surface area (Å²) in [6, 6.07) is 10.8. The van der Waals surface area contributed by atoms with Gasteiger partial charge in [0.1, 0.15) is 10.7 Å². The molecule has 0 spiro atoms. The molecule has 0 unspecified atom stereocenters. The highest BCUT2D eigenvalue weighted by atomic mass is 35.5. The van der Waals surface area contributed by atoms with Gasteiger partial charge in [0.2, 0.25) is 0 Å². The molecule has 1 aromatic heterocycles. The number of halogens is 1. The van der Waals surface area contributed by atoms with Gasteiger partial charge in [-0.2, -0.15) is 5.01 Å². The van der Waals surface area contributed by atoms with Crippen molar-refractivity contribution in [3.05, 3.63) is 64.9 Å². The minimum Gasteiger partial charge on any atom is -0.452 e. The van der Waals surface area contributed by atoms with Crippen LogP contribution in [0.15, 0.2) is 48.7 Å². The second-order valence-corrected chi connectivity index (χ2v) is 6.51. The zero-order chi connectivity index (χ0) is 21.0. The van der Waals surface area contributed by atoms with Crippen molar-refractivity contribution >= 4 is 35.4 Å². The number of carbonyl (C=O) groups excluding carboxylic acids is 4. The molecule has 29 heavy (non-hydrogen) atoms. The minimum absolute atomic E-state index is 0.00830. The fraction of sp³-hybridized carbons (Fsp3) is 0.211. The number of ether oxygens (including phenoxy) is 1. The van der Waals surface area contributed by atoms with Crippen LogP contribution in [0.1, 0.15) is 29.3 Å². The van der Waals surface area contributed by atoms with Crippen LogP contribution in [0.5, 0.6) is 0 Å². The van der Waals surface area contributed by atoms with Gasteiger partial charge >= 0.3 is 12.0 Å². The lowest BCUT2D eigenvalue weighted by molar-refractivity contribution is -0.140. The Morgan fingerprint density at radius 2 is 1.93 bits per heavy atom. The molecule has 150 valence electrons. The van der Waals surface area contributed by atoms with Crippen molar-refractivity contribution in [2.45, 2.75) is 18.9 Å². The quantitative estimate of drug-likeness (QED) is 0.421. The molecular weight excluding hydrogens is 400 g/mol. The van der Waals surface area contributed by atoms with Crippen molar-refractivity contribution in [1.82, 2.24) is 20.7 Å². The zero-order valence-electron chi connectivity index (χ0n) is 15.3. The molecule has 9 nitrogen and oxygen atoms in total. The highest BCUT2D eigenvalue weighted by molar-refractivity contribution is 6.32. The monoisotopic (exact) mass is 416 g/mol. The lowest BCUT2D eigenvalue weighted by Gasteiger charge is -2.25. The third-order valence-corrected chi connectivity index (χ3v) is 4.74. The maximum absolute atomic E-state index is 12.9. The molecular formula is C19H17ClN4O5. The number of imide groups is 1. The summed E-state index contributed by atoms with van der Waals surface area (Å²) in [5.74, 6) is -2.35. The average molecular weight is 417 g/mol. The predicted octanol–water partition coefficient (Wildman–Crippen LogP) is 1.78. The van der Waals surface area contributed by atoms with E-state index in [-0.39, 0.29) is 17.1 Å². The number of pyridine rings is 1. The van der Waals surface area contributed by atoms with Crippen LogP contribution in [0.25, 0.3) is 0 Å². The van der Waals surface area contributed by atoms with E-state index in [1.54, 1.807) is 37.3 Å². The second-order valence-electron chi connectivity index (χ2n) is 6.15. The van der Waals surface area contributed by atoms with Gasteiger partial charge in [0.15, 0.2) is 6.61 Å². The van der Waals surface area contributed by atoms with Gasteiger partial charge in [-0.05, 0) is 24.1 Å². The highest BCUT2D eigenvalue weighted by Gasteiger charge is 2.52. The lowest BCUT2D eigenvalue weighted by atomic mass is 9.87. The van der Waals surface area contributed by atoms with Gasteiger partial charge in [0, 0.05) is 6.20 Å². The van der Waals surface area contributed by atoms with E-state index >= 15 is 0 Å². The SMILES string of the molecule is CC[C@@]1(c2ccccc2)NC(=O)N(NC(=O)COC(=O)c2cccnc2Cl)C1=O. The van der Waals surface area contributed by atoms with Gasteiger partial charge in [-0.3, -0.25) is 15.0 Å². The zero-order valence-corrected chi connectivity index (χ0v) is 16.1. The van der Waals surface area contributed by atoms with Crippen LogP contribution in [-0.4, -0.2) is 40.4 Å². The fourth-order valence-corrected chi connectivity index (χ4v) is 3.14. The lowest BCUT2D eigenvalue weighted by Crippen LogP contribution is -2.49. The van der Waals surface area contributed by atoms with E-state index in [0.29, 0.717) is 10.6 Å². The molecule has 1 aliphatic heterocycles. The number of hydrogen-bond acceptors (Lipinski definition) is 6. The average Bonchev–Trinajstić information content (AvgIpc) is 2.98. The topological polar surface area (TPSA) is 118 Å². The first-order chi connectivity index (χ1) is 13.9. The third-order valence-electron chi connectivity index (χ3n) is 4.44. The van der Waals surface area contributed by atoms with E-state index in [9.17, 15) is 19.2 Å². The van der Waals surface area contributed by atoms with Crippen LogP contribution in [-0.2, 0) is 19.9 Å². The molecule has 3 rings (SSSR count). The predicted molar refractivity (Wildman–Crippen MR) is 101 cm³/mol. The Kier molecular flexibility index (Phi) is 5.79. The molecule has 0 saturated carbocycles. The Labute approximate surface area is 171 Å². The van der Waals surface area contributed by atoms with Crippen LogP contribution in [0.3, 0.4) is 0 Å². The number of benzene rings is 1.